The number of carbonyl (C=O) groups excluding carboxylic acids is 2. The van der Waals surface area contributed by atoms with Crippen LogP contribution in [0.25, 0.3) is 0 Å². The summed E-state index contributed by atoms with van der Waals surface area (Å²) in [6, 6.07) is 0. The van der Waals surface area contributed by atoms with Gasteiger partial charge in [0.05, 0.1) is 18.8 Å². The molecular formula is C16H25NO5. The number of carbonyl (C=O) groups is 2. The van der Waals surface area contributed by atoms with Crippen LogP contribution in [0.15, 0.2) is 0 Å². The lowest BCUT2D eigenvalue weighted by Gasteiger charge is -2.61. The van der Waals surface area contributed by atoms with Crippen molar-refractivity contribution in [3.05, 3.63) is 0 Å². The summed E-state index contributed by atoms with van der Waals surface area (Å²) in [7, 11) is 0. The molecule has 0 saturated heterocycles. The Morgan fingerprint density at radius 1 is 1.14 bits per heavy atom. The van der Waals surface area contributed by atoms with Crippen molar-refractivity contribution in [2.45, 2.75) is 51.0 Å². The second kappa shape index (κ2) is 5.72. The van der Waals surface area contributed by atoms with Crippen LogP contribution in [0.2, 0.25) is 0 Å². The zero-order valence-corrected chi connectivity index (χ0v) is 13.1. The van der Waals surface area contributed by atoms with Crippen LogP contribution in [0.4, 0.5) is 4.79 Å². The number of ether oxygens (including phenoxy) is 3. The lowest BCUT2D eigenvalue weighted by Crippen LogP contribution is -2.58. The first-order valence-electron chi connectivity index (χ1n) is 8.16. The Morgan fingerprint density at radius 2 is 1.82 bits per heavy atom. The van der Waals surface area contributed by atoms with E-state index in [0.717, 1.165) is 32.1 Å². The monoisotopic (exact) mass is 311 g/mol. The number of rotatable bonds is 6. The summed E-state index contributed by atoms with van der Waals surface area (Å²) in [5.74, 6) is 0.889. The van der Waals surface area contributed by atoms with Gasteiger partial charge in [-0.05, 0) is 57.3 Å². The minimum Gasteiger partial charge on any atom is -0.464 e. The maximum absolute atomic E-state index is 11.6. The summed E-state index contributed by atoms with van der Waals surface area (Å²) in [5.41, 5.74) is 4.86. The lowest BCUT2D eigenvalue weighted by atomic mass is 9.48. The first-order chi connectivity index (χ1) is 10.4. The second-order valence-electron chi connectivity index (χ2n) is 7.35. The number of esters is 1. The number of hydrogen-bond donors (Lipinski definition) is 1. The molecule has 0 aromatic carbocycles. The standard InChI is InChI=1S/C16H25NO5/c1-2-20-13(18)8-22-16-6-11-3-12(7-16)5-15(4-11,9-16)10-21-14(17)19/h11-12H,2-10H2,1H3,(H2,17,19). The van der Waals surface area contributed by atoms with E-state index in [-0.39, 0.29) is 23.6 Å². The molecule has 4 saturated carbocycles. The molecule has 4 fully saturated rings. The van der Waals surface area contributed by atoms with E-state index in [1.807, 2.05) is 0 Å². The van der Waals surface area contributed by atoms with Crippen LogP contribution in [-0.2, 0) is 19.0 Å². The average molecular weight is 311 g/mol. The molecular weight excluding hydrogens is 286 g/mol. The molecule has 0 spiro atoms. The fourth-order valence-electron chi connectivity index (χ4n) is 5.34. The van der Waals surface area contributed by atoms with Crippen LogP contribution < -0.4 is 5.73 Å². The normalized spacial score (nSPS) is 38.8. The third-order valence-corrected chi connectivity index (χ3v) is 5.45. The highest BCUT2D eigenvalue weighted by atomic mass is 16.6. The molecule has 4 rings (SSSR count). The molecule has 0 heterocycles. The third-order valence-electron chi connectivity index (χ3n) is 5.45. The average Bonchev–Trinajstić information content (AvgIpc) is 2.42. The summed E-state index contributed by atoms with van der Waals surface area (Å²) in [6.45, 7) is 2.55. The third kappa shape index (κ3) is 3.07. The van der Waals surface area contributed by atoms with E-state index in [4.69, 9.17) is 19.9 Å². The van der Waals surface area contributed by atoms with Crippen LogP contribution in [0.1, 0.15) is 45.4 Å². The highest BCUT2D eigenvalue weighted by molar-refractivity contribution is 5.70. The smallest absolute Gasteiger partial charge is 0.404 e. The van der Waals surface area contributed by atoms with Crippen molar-refractivity contribution in [1.82, 2.24) is 0 Å². The number of nitrogens with two attached hydrogens (primary N) is 1. The molecule has 2 unspecified atom stereocenters. The molecule has 2 N–H and O–H groups in total. The van der Waals surface area contributed by atoms with E-state index in [9.17, 15) is 9.59 Å². The van der Waals surface area contributed by atoms with E-state index >= 15 is 0 Å². The first-order valence-corrected chi connectivity index (χ1v) is 8.16. The molecule has 0 aromatic rings. The molecule has 4 aliphatic rings. The van der Waals surface area contributed by atoms with Crippen molar-refractivity contribution < 1.29 is 23.8 Å². The lowest BCUT2D eigenvalue weighted by molar-refractivity contribution is -0.207. The van der Waals surface area contributed by atoms with Crippen molar-refractivity contribution in [3.8, 4) is 0 Å². The molecule has 1 amide bonds. The fourth-order valence-corrected chi connectivity index (χ4v) is 5.34. The number of hydrogen-bond acceptors (Lipinski definition) is 5. The SMILES string of the molecule is CCOC(=O)COC12CC3CC(CC(COC(N)=O)(C3)C1)C2. The molecule has 0 aliphatic heterocycles. The van der Waals surface area contributed by atoms with Crippen molar-refractivity contribution in [1.29, 1.82) is 0 Å². The second-order valence-corrected chi connectivity index (χ2v) is 7.35. The Labute approximate surface area is 130 Å². The van der Waals surface area contributed by atoms with Gasteiger partial charge in [-0.2, -0.15) is 0 Å². The van der Waals surface area contributed by atoms with Crippen LogP contribution in [-0.4, -0.2) is 37.5 Å². The molecule has 6 nitrogen and oxygen atoms in total. The molecule has 4 aliphatic carbocycles. The van der Waals surface area contributed by atoms with Gasteiger partial charge in [-0.1, -0.05) is 0 Å². The Kier molecular flexibility index (Phi) is 4.05. The van der Waals surface area contributed by atoms with Crippen molar-refractivity contribution >= 4 is 12.1 Å². The largest absolute Gasteiger partial charge is 0.464 e. The van der Waals surface area contributed by atoms with Crippen LogP contribution in [0.5, 0.6) is 0 Å². The van der Waals surface area contributed by atoms with Crippen molar-refractivity contribution in [2.24, 2.45) is 23.0 Å². The van der Waals surface area contributed by atoms with Gasteiger partial charge in [0.1, 0.15) is 6.61 Å². The summed E-state index contributed by atoms with van der Waals surface area (Å²) in [5, 5.41) is 0. The summed E-state index contributed by atoms with van der Waals surface area (Å²) < 4.78 is 16.1. The Balaban J connectivity index is 1.67. The fraction of sp³-hybridized carbons (Fsp3) is 0.875. The quantitative estimate of drug-likeness (QED) is 0.758. The van der Waals surface area contributed by atoms with E-state index < -0.39 is 6.09 Å². The minimum atomic E-state index is -0.711. The van der Waals surface area contributed by atoms with E-state index in [1.165, 1.54) is 6.42 Å². The highest BCUT2D eigenvalue weighted by Crippen LogP contribution is 2.62. The summed E-state index contributed by atoms with van der Waals surface area (Å²) in [4.78, 5) is 22.6. The van der Waals surface area contributed by atoms with Crippen molar-refractivity contribution in [2.75, 3.05) is 19.8 Å². The highest BCUT2D eigenvalue weighted by Gasteiger charge is 2.58. The number of amides is 1. The maximum Gasteiger partial charge on any atom is 0.404 e. The van der Waals surface area contributed by atoms with Gasteiger partial charge in [0.25, 0.3) is 0 Å². The van der Waals surface area contributed by atoms with Crippen molar-refractivity contribution in [3.63, 3.8) is 0 Å². The Bertz CT molecular complexity index is 449. The molecule has 0 radical (unpaired) electrons. The molecule has 22 heavy (non-hydrogen) atoms. The molecule has 6 heteroatoms. The Hall–Kier alpha value is -1.30. The van der Waals surface area contributed by atoms with Gasteiger partial charge >= 0.3 is 12.1 Å². The van der Waals surface area contributed by atoms with Crippen LogP contribution in [0, 0.1) is 17.3 Å². The zero-order chi connectivity index (χ0) is 15.8. The molecule has 4 bridgehead atoms. The molecule has 0 aromatic heterocycles. The van der Waals surface area contributed by atoms with Gasteiger partial charge in [0, 0.05) is 5.41 Å². The van der Waals surface area contributed by atoms with E-state index in [0.29, 0.717) is 25.0 Å². The number of primary amides is 1. The van der Waals surface area contributed by atoms with Gasteiger partial charge in [0.2, 0.25) is 0 Å². The maximum atomic E-state index is 11.6. The van der Waals surface area contributed by atoms with Gasteiger partial charge in [-0.25, -0.2) is 9.59 Å². The van der Waals surface area contributed by atoms with E-state index in [2.05, 4.69) is 0 Å². The van der Waals surface area contributed by atoms with Gasteiger partial charge in [-0.3, -0.25) is 0 Å². The molecule has 124 valence electrons. The summed E-state index contributed by atoms with van der Waals surface area (Å²) in [6.07, 6.45) is 5.50. The Morgan fingerprint density at radius 3 is 2.41 bits per heavy atom. The summed E-state index contributed by atoms with van der Waals surface area (Å²) >= 11 is 0. The zero-order valence-electron chi connectivity index (χ0n) is 13.1. The first kappa shape index (κ1) is 15.6. The topological polar surface area (TPSA) is 87.8 Å². The van der Waals surface area contributed by atoms with Gasteiger partial charge in [-0.15, -0.1) is 0 Å². The van der Waals surface area contributed by atoms with Gasteiger partial charge in [0.15, 0.2) is 0 Å². The van der Waals surface area contributed by atoms with E-state index in [1.54, 1.807) is 6.92 Å². The van der Waals surface area contributed by atoms with Gasteiger partial charge < -0.3 is 19.9 Å². The molecule has 2 atom stereocenters. The predicted octanol–water partition coefficient (Wildman–Crippen LogP) is 2.00. The van der Waals surface area contributed by atoms with Crippen LogP contribution in [0.3, 0.4) is 0 Å². The van der Waals surface area contributed by atoms with Crippen LogP contribution >= 0.6 is 0 Å². The minimum absolute atomic E-state index is 0.0139. The predicted molar refractivity (Wildman–Crippen MR) is 78.0 cm³/mol.